The molecule has 0 bridgehead atoms. The third-order valence-electron chi connectivity index (χ3n) is 3.42. The fourth-order valence-corrected chi connectivity index (χ4v) is 2.94. The summed E-state index contributed by atoms with van der Waals surface area (Å²) in [5.41, 5.74) is 2.06. The number of carbonyl (C=O) groups is 2. The number of amides is 2. The van der Waals surface area contributed by atoms with Crippen LogP contribution in [0.15, 0.2) is 29.6 Å². The molecule has 0 aliphatic heterocycles. The number of aryl methyl sites for hydroxylation is 1. The molecule has 0 atom stereocenters. The molecule has 0 fully saturated rings. The Labute approximate surface area is 144 Å². The van der Waals surface area contributed by atoms with Gasteiger partial charge in [0.1, 0.15) is 5.01 Å². The fourth-order valence-electron chi connectivity index (χ4n) is 2.13. The van der Waals surface area contributed by atoms with Crippen LogP contribution in [0.2, 0.25) is 0 Å². The quantitative estimate of drug-likeness (QED) is 0.739. The van der Waals surface area contributed by atoms with E-state index in [4.69, 9.17) is 5.11 Å². The highest BCUT2D eigenvalue weighted by atomic mass is 32.1. The lowest BCUT2D eigenvalue weighted by atomic mass is 9.99. The monoisotopic (exact) mass is 347 g/mol. The van der Waals surface area contributed by atoms with E-state index in [1.807, 2.05) is 36.6 Å². The van der Waals surface area contributed by atoms with E-state index in [0.29, 0.717) is 12.1 Å². The van der Waals surface area contributed by atoms with Crippen LogP contribution in [0.5, 0.6) is 0 Å². The van der Waals surface area contributed by atoms with Crippen molar-refractivity contribution < 1.29 is 14.7 Å². The van der Waals surface area contributed by atoms with E-state index in [1.54, 1.807) is 25.2 Å². The molecule has 1 heterocycles. The number of hydrogen-bond donors (Lipinski definition) is 3. The van der Waals surface area contributed by atoms with Crippen molar-refractivity contribution in [2.75, 3.05) is 5.32 Å². The molecule has 0 saturated carbocycles. The molecule has 1 aromatic carbocycles. The minimum atomic E-state index is -0.877. The van der Waals surface area contributed by atoms with E-state index in [2.05, 4.69) is 15.6 Å². The smallest absolute Gasteiger partial charge is 0.319 e. The van der Waals surface area contributed by atoms with Gasteiger partial charge in [0.15, 0.2) is 0 Å². The molecule has 128 valence electrons. The zero-order valence-electron chi connectivity index (χ0n) is 13.9. The highest BCUT2D eigenvalue weighted by Crippen LogP contribution is 2.24. The number of carboxylic acids is 1. The first-order valence-electron chi connectivity index (χ1n) is 7.59. The number of hydrogen-bond acceptors (Lipinski definition) is 4. The second-order valence-corrected chi connectivity index (χ2v) is 7.09. The number of aliphatic carboxylic acids is 1. The number of anilines is 1. The molecule has 0 aliphatic carbocycles. The summed E-state index contributed by atoms with van der Waals surface area (Å²) >= 11 is 1.58. The lowest BCUT2D eigenvalue weighted by molar-refractivity contribution is -0.137. The summed E-state index contributed by atoms with van der Waals surface area (Å²) in [6.07, 6.45) is 0.368. The predicted octanol–water partition coefficient (Wildman–Crippen LogP) is 3.88. The number of aromatic nitrogens is 1. The SMILES string of the molecule is Cc1csc(-c2ccc(NC(=O)NC(C)(C)CCC(=O)O)cc2)n1. The van der Waals surface area contributed by atoms with E-state index in [-0.39, 0.29) is 12.5 Å². The molecule has 0 saturated heterocycles. The van der Waals surface area contributed by atoms with Crippen LogP contribution >= 0.6 is 11.3 Å². The van der Waals surface area contributed by atoms with E-state index in [9.17, 15) is 9.59 Å². The van der Waals surface area contributed by atoms with Crippen molar-refractivity contribution in [2.45, 2.75) is 39.2 Å². The van der Waals surface area contributed by atoms with Gasteiger partial charge < -0.3 is 15.7 Å². The molecule has 0 radical (unpaired) electrons. The zero-order chi connectivity index (χ0) is 17.7. The number of benzene rings is 1. The van der Waals surface area contributed by atoms with Crippen LogP contribution in [0.1, 0.15) is 32.4 Å². The maximum Gasteiger partial charge on any atom is 0.319 e. The standard InChI is InChI=1S/C17H21N3O3S/c1-11-10-24-15(18-11)12-4-6-13(7-5-12)19-16(23)20-17(2,3)9-8-14(21)22/h4-7,10H,8-9H2,1-3H3,(H,21,22)(H2,19,20,23). The summed E-state index contributed by atoms with van der Waals surface area (Å²) in [7, 11) is 0. The summed E-state index contributed by atoms with van der Waals surface area (Å²) in [4.78, 5) is 27.1. The van der Waals surface area contributed by atoms with Gasteiger partial charge in [-0.15, -0.1) is 11.3 Å². The topological polar surface area (TPSA) is 91.3 Å². The fraction of sp³-hybridized carbons (Fsp3) is 0.353. The van der Waals surface area contributed by atoms with Crippen molar-refractivity contribution in [3.8, 4) is 10.6 Å². The molecule has 6 nitrogen and oxygen atoms in total. The van der Waals surface area contributed by atoms with Gasteiger partial charge in [-0.05, 0) is 51.5 Å². The molecule has 24 heavy (non-hydrogen) atoms. The number of carboxylic acid groups (broad SMARTS) is 1. The van der Waals surface area contributed by atoms with Crippen molar-refractivity contribution in [2.24, 2.45) is 0 Å². The normalized spacial score (nSPS) is 11.1. The Morgan fingerprint density at radius 3 is 2.46 bits per heavy atom. The highest BCUT2D eigenvalue weighted by Gasteiger charge is 2.21. The molecule has 2 rings (SSSR count). The number of thiazole rings is 1. The Kier molecular flexibility index (Phi) is 5.56. The molecule has 7 heteroatoms. The summed E-state index contributed by atoms with van der Waals surface area (Å²) in [5, 5.41) is 17.2. The first kappa shape index (κ1) is 17.9. The van der Waals surface area contributed by atoms with Gasteiger partial charge in [-0.2, -0.15) is 0 Å². The van der Waals surface area contributed by atoms with Crippen LogP contribution in [0.4, 0.5) is 10.5 Å². The van der Waals surface area contributed by atoms with Gasteiger partial charge in [-0.1, -0.05) is 0 Å². The van der Waals surface area contributed by atoms with Gasteiger partial charge in [0.2, 0.25) is 0 Å². The van der Waals surface area contributed by atoms with Gasteiger partial charge in [-0.3, -0.25) is 4.79 Å². The number of urea groups is 1. The lowest BCUT2D eigenvalue weighted by Crippen LogP contribution is -2.45. The Balaban J connectivity index is 1.93. The van der Waals surface area contributed by atoms with Crippen LogP contribution in [0.3, 0.4) is 0 Å². The molecule has 2 amide bonds. The molecule has 0 spiro atoms. The van der Waals surface area contributed by atoms with E-state index < -0.39 is 11.5 Å². The maximum atomic E-state index is 12.1. The Morgan fingerprint density at radius 1 is 1.25 bits per heavy atom. The van der Waals surface area contributed by atoms with Crippen molar-refractivity contribution in [1.29, 1.82) is 0 Å². The average Bonchev–Trinajstić information content (AvgIpc) is 2.92. The minimum absolute atomic E-state index is 0.00913. The summed E-state index contributed by atoms with van der Waals surface area (Å²) in [6.45, 7) is 5.54. The van der Waals surface area contributed by atoms with Gasteiger partial charge in [-0.25, -0.2) is 9.78 Å². The predicted molar refractivity (Wildman–Crippen MR) is 95.4 cm³/mol. The first-order valence-corrected chi connectivity index (χ1v) is 8.47. The molecule has 3 N–H and O–H groups in total. The number of nitrogens with one attached hydrogen (secondary N) is 2. The Bertz CT molecular complexity index is 723. The third kappa shape index (κ3) is 5.34. The van der Waals surface area contributed by atoms with Gasteiger partial charge >= 0.3 is 12.0 Å². The first-order chi connectivity index (χ1) is 11.2. The van der Waals surface area contributed by atoms with Crippen molar-refractivity contribution in [1.82, 2.24) is 10.3 Å². The molecule has 0 unspecified atom stereocenters. The van der Waals surface area contributed by atoms with Crippen LogP contribution in [0.25, 0.3) is 10.6 Å². The van der Waals surface area contributed by atoms with Gasteiger partial charge in [0.05, 0.1) is 0 Å². The van der Waals surface area contributed by atoms with E-state index in [1.165, 1.54) is 0 Å². The maximum absolute atomic E-state index is 12.1. The molecular weight excluding hydrogens is 326 g/mol. The molecule has 2 aromatic rings. The number of rotatable bonds is 6. The van der Waals surface area contributed by atoms with Gasteiger partial charge in [0.25, 0.3) is 0 Å². The average molecular weight is 347 g/mol. The Morgan fingerprint density at radius 2 is 1.92 bits per heavy atom. The largest absolute Gasteiger partial charge is 0.481 e. The molecular formula is C17H21N3O3S. The van der Waals surface area contributed by atoms with E-state index in [0.717, 1.165) is 16.3 Å². The van der Waals surface area contributed by atoms with Crippen LogP contribution < -0.4 is 10.6 Å². The Hall–Kier alpha value is -2.41. The third-order valence-corrected chi connectivity index (χ3v) is 4.43. The lowest BCUT2D eigenvalue weighted by Gasteiger charge is -2.25. The number of nitrogens with zero attached hydrogens (tertiary/aromatic N) is 1. The molecule has 1 aromatic heterocycles. The van der Waals surface area contributed by atoms with Crippen LogP contribution in [-0.2, 0) is 4.79 Å². The van der Waals surface area contributed by atoms with Crippen molar-refractivity contribution in [3.63, 3.8) is 0 Å². The summed E-state index contributed by atoms with van der Waals surface area (Å²) in [5.74, 6) is -0.877. The van der Waals surface area contributed by atoms with Crippen LogP contribution in [0, 0.1) is 6.92 Å². The summed E-state index contributed by atoms with van der Waals surface area (Å²) < 4.78 is 0. The second kappa shape index (κ2) is 7.44. The van der Waals surface area contributed by atoms with Crippen molar-refractivity contribution >= 4 is 29.0 Å². The van der Waals surface area contributed by atoms with Crippen LogP contribution in [-0.4, -0.2) is 27.6 Å². The van der Waals surface area contributed by atoms with E-state index >= 15 is 0 Å². The zero-order valence-corrected chi connectivity index (χ0v) is 14.7. The molecule has 0 aliphatic rings. The second-order valence-electron chi connectivity index (χ2n) is 6.23. The minimum Gasteiger partial charge on any atom is -0.481 e. The van der Waals surface area contributed by atoms with Crippen molar-refractivity contribution in [3.05, 3.63) is 35.3 Å². The summed E-state index contributed by atoms with van der Waals surface area (Å²) in [6, 6.07) is 7.09. The number of carbonyl (C=O) groups excluding carboxylic acids is 1. The van der Waals surface area contributed by atoms with Gasteiger partial charge in [0, 0.05) is 34.3 Å². The highest BCUT2D eigenvalue weighted by molar-refractivity contribution is 7.13.